The van der Waals surface area contributed by atoms with Crippen molar-refractivity contribution in [3.63, 3.8) is 0 Å². The predicted octanol–water partition coefficient (Wildman–Crippen LogP) is 3.32. The molecule has 0 saturated carbocycles. The molecule has 0 spiro atoms. The van der Waals surface area contributed by atoms with Gasteiger partial charge in [-0.2, -0.15) is 0 Å². The van der Waals surface area contributed by atoms with Crippen LogP contribution in [0.5, 0.6) is 5.75 Å². The summed E-state index contributed by atoms with van der Waals surface area (Å²) in [5.74, 6) is 0.668. The first-order chi connectivity index (χ1) is 9.61. The monoisotopic (exact) mass is 269 g/mol. The van der Waals surface area contributed by atoms with E-state index in [0.29, 0.717) is 17.9 Å². The summed E-state index contributed by atoms with van der Waals surface area (Å²) in [5, 5.41) is 0. The Morgan fingerprint density at radius 3 is 2.60 bits per heavy atom. The fourth-order valence-electron chi connectivity index (χ4n) is 2.13. The summed E-state index contributed by atoms with van der Waals surface area (Å²) in [6.45, 7) is 2.36. The maximum atomic E-state index is 12.4. The Hall–Kier alpha value is -2.29. The number of carbonyl (C=O) groups excluding carboxylic acids is 1. The van der Waals surface area contributed by atoms with E-state index in [4.69, 9.17) is 4.74 Å². The normalized spacial score (nSPS) is 10.2. The molecule has 0 bridgehead atoms. The predicted molar refractivity (Wildman–Crippen MR) is 81.8 cm³/mol. The quantitative estimate of drug-likeness (QED) is 0.780. The highest BCUT2D eigenvalue weighted by Crippen LogP contribution is 2.20. The average molecular weight is 269 g/mol. The molecule has 0 atom stereocenters. The van der Waals surface area contributed by atoms with Gasteiger partial charge in [0.25, 0.3) is 0 Å². The van der Waals surface area contributed by atoms with Crippen LogP contribution >= 0.6 is 0 Å². The molecule has 0 aromatic heterocycles. The van der Waals surface area contributed by atoms with Crippen molar-refractivity contribution in [3.8, 4) is 5.75 Å². The van der Waals surface area contributed by atoms with Crippen LogP contribution in [0.15, 0.2) is 48.5 Å². The third-order valence-electron chi connectivity index (χ3n) is 3.23. The number of benzene rings is 2. The maximum Gasteiger partial charge on any atom is 0.185 e. The van der Waals surface area contributed by atoms with Crippen LogP contribution in [0.2, 0.25) is 0 Å². The van der Waals surface area contributed by atoms with Crippen molar-refractivity contribution in [1.29, 1.82) is 0 Å². The first-order valence-electron chi connectivity index (χ1n) is 6.56. The lowest BCUT2D eigenvalue weighted by atomic mass is 10.1. The number of methoxy groups -OCH3 is 1. The Bertz CT molecular complexity index is 607. The number of nitrogens with zero attached hydrogens (tertiary/aromatic N) is 1. The topological polar surface area (TPSA) is 29.5 Å². The van der Waals surface area contributed by atoms with Gasteiger partial charge in [-0.25, -0.2) is 0 Å². The molecule has 0 N–H and O–H groups in total. The van der Waals surface area contributed by atoms with Gasteiger partial charge < -0.3 is 9.64 Å². The number of likely N-dealkylation sites (N-methyl/N-ethyl adjacent to an activating group) is 1. The molecule has 20 heavy (non-hydrogen) atoms. The molecule has 3 heteroatoms. The third kappa shape index (κ3) is 3.18. The SMILES string of the molecule is COc1ccccc1C(=O)CN(C)c1cccc(C)c1. The Labute approximate surface area is 119 Å². The van der Waals surface area contributed by atoms with Gasteiger partial charge in [-0.3, -0.25) is 4.79 Å². The Morgan fingerprint density at radius 1 is 1.15 bits per heavy atom. The first-order valence-corrected chi connectivity index (χ1v) is 6.56. The highest BCUT2D eigenvalue weighted by Gasteiger charge is 2.14. The number of aryl methyl sites for hydroxylation is 1. The fourth-order valence-corrected chi connectivity index (χ4v) is 2.13. The zero-order chi connectivity index (χ0) is 14.5. The number of para-hydroxylation sites is 1. The lowest BCUT2D eigenvalue weighted by Crippen LogP contribution is -2.25. The van der Waals surface area contributed by atoms with Crippen molar-refractivity contribution in [1.82, 2.24) is 0 Å². The molecule has 2 aromatic rings. The third-order valence-corrected chi connectivity index (χ3v) is 3.23. The van der Waals surface area contributed by atoms with Gasteiger partial charge in [0.2, 0.25) is 0 Å². The van der Waals surface area contributed by atoms with Crippen molar-refractivity contribution in [2.24, 2.45) is 0 Å². The highest BCUT2D eigenvalue weighted by atomic mass is 16.5. The van der Waals surface area contributed by atoms with Crippen molar-refractivity contribution in [2.75, 3.05) is 25.6 Å². The van der Waals surface area contributed by atoms with Crippen molar-refractivity contribution in [3.05, 3.63) is 59.7 Å². The van der Waals surface area contributed by atoms with E-state index in [1.54, 1.807) is 19.2 Å². The van der Waals surface area contributed by atoms with Crippen molar-refractivity contribution >= 4 is 11.5 Å². The zero-order valence-corrected chi connectivity index (χ0v) is 12.1. The largest absolute Gasteiger partial charge is 0.496 e. The van der Waals surface area contributed by atoms with Crippen molar-refractivity contribution in [2.45, 2.75) is 6.92 Å². The molecule has 0 fully saturated rings. The molecule has 0 amide bonds. The minimum absolute atomic E-state index is 0.0476. The number of carbonyl (C=O) groups is 1. The standard InChI is InChI=1S/C17H19NO2/c1-13-7-6-8-14(11-13)18(2)12-16(19)15-9-4-5-10-17(15)20-3/h4-11H,12H2,1-3H3. The summed E-state index contributed by atoms with van der Waals surface area (Å²) < 4.78 is 5.23. The van der Waals surface area contributed by atoms with E-state index in [1.807, 2.05) is 49.2 Å². The summed E-state index contributed by atoms with van der Waals surface area (Å²) in [6.07, 6.45) is 0. The van der Waals surface area contributed by atoms with Crippen LogP contribution in [0, 0.1) is 6.92 Å². The fraction of sp³-hybridized carbons (Fsp3) is 0.235. The highest BCUT2D eigenvalue weighted by molar-refractivity contribution is 6.01. The maximum absolute atomic E-state index is 12.4. The second-order valence-corrected chi connectivity index (χ2v) is 4.82. The number of Topliss-reactive ketones (excluding diaryl/α,β-unsaturated/α-hetero) is 1. The summed E-state index contributed by atoms with van der Waals surface area (Å²) >= 11 is 0. The van der Waals surface area contributed by atoms with Crippen LogP contribution in [0.25, 0.3) is 0 Å². The summed E-state index contributed by atoms with van der Waals surface area (Å²) in [5.41, 5.74) is 2.84. The molecule has 2 rings (SSSR count). The van der Waals surface area contributed by atoms with Crippen LogP contribution in [-0.2, 0) is 0 Å². The number of anilines is 1. The lowest BCUT2D eigenvalue weighted by molar-refractivity contribution is 0.0997. The smallest absolute Gasteiger partial charge is 0.185 e. The van der Waals surface area contributed by atoms with E-state index in [-0.39, 0.29) is 5.78 Å². The molecule has 0 aliphatic heterocycles. The molecule has 0 saturated heterocycles. The average Bonchev–Trinajstić information content (AvgIpc) is 2.47. The minimum atomic E-state index is 0.0476. The van der Waals surface area contributed by atoms with Crippen LogP contribution in [-0.4, -0.2) is 26.5 Å². The number of ether oxygens (including phenoxy) is 1. The minimum Gasteiger partial charge on any atom is -0.496 e. The van der Waals surface area contributed by atoms with Gasteiger partial charge in [-0.05, 0) is 36.8 Å². The summed E-state index contributed by atoms with van der Waals surface area (Å²) in [6, 6.07) is 15.4. The molecule has 0 heterocycles. The van der Waals surface area contributed by atoms with Gasteiger partial charge >= 0.3 is 0 Å². The zero-order valence-electron chi connectivity index (χ0n) is 12.1. The second-order valence-electron chi connectivity index (χ2n) is 4.82. The van der Waals surface area contributed by atoms with Crippen LogP contribution < -0.4 is 9.64 Å². The van der Waals surface area contributed by atoms with E-state index in [9.17, 15) is 4.79 Å². The van der Waals surface area contributed by atoms with Gasteiger partial charge in [0.15, 0.2) is 5.78 Å². The number of hydrogen-bond acceptors (Lipinski definition) is 3. The van der Waals surface area contributed by atoms with E-state index in [0.717, 1.165) is 5.69 Å². The first kappa shape index (κ1) is 14.1. The Morgan fingerprint density at radius 2 is 1.90 bits per heavy atom. The number of hydrogen-bond donors (Lipinski definition) is 0. The molecule has 0 unspecified atom stereocenters. The van der Waals surface area contributed by atoms with Gasteiger partial charge in [-0.15, -0.1) is 0 Å². The van der Waals surface area contributed by atoms with Crippen LogP contribution in [0.4, 0.5) is 5.69 Å². The molecule has 3 nitrogen and oxygen atoms in total. The van der Waals surface area contributed by atoms with E-state index < -0.39 is 0 Å². The second kappa shape index (κ2) is 6.24. The van der Waals surface area contributed by atoms with Gasteiger partial charge in [-0.1, -0.05) is 24.3 Å². The Kier molecular flexibility index (Phi) is 4.41. The van der Waals surface area contributed by atoms with E-state index >= 15 is 0 Å². The molecule has 2 aromatic carbocycles. The number of rotatable bonds is 5. The van der Waals surface area contributed by atoms with Crippen LogP contribution in [0.1, 0.15) is 15.9 Å². The van der Waals surface area contributed by atoms with Gasteiger partial charge in [0.05, 0.1) is 19.2 Å². The van der Waals surface area contributed by atoms with Crippen molar-refractivity contribution < 1.29 is 9.53 Å². The molecular weight excluding hydrogens is 250 g/mol. The molecule has 0 aliphatic carbocycles. The molecule has 104 valence electrons. The molecule has 0 radical (unpaired) electrons. The lowest BCUT2D eigenvalue weighted by Gasteiger charge is -2.19. The van der Waals surface area contributed by atoms with Gasteiger partial charge in [0, 0.05) is 12.7 Å². The molecular formula is C17H19NO2. The van der Waals surface area contributed by atoms with Crippen LogP contribution in [0.3, 0.4) is 0 Å². The Balaban J connectivity index is 2.15. The molecule has 0 aliphatic rings. The van der Waals surface area contributed by atoms with Gasteiger partial charge in [0.1, 0.15) is 5.75 Å². The van der Waals surface area contributed by atoms with E-state index in [2.05, 4.69) is 6.07 Å². The summed E-state index contributed by atoms with van der Waals surface area (Å²) in [4.78, 5) is 14.3. The van der Waals surface area contributed by atoms with E-state index in [1.165, 1.54) is 5.56 Å². The number of ketones is 1. The summed E-state index contributed by atoms with van der Waals surface area (Å²) in [7, 11) is 3.50.